The highest BCUT2D eigenvalue weighted by Crippen LogP contribution is 2.32. The van der Waals surface area contributed by atoms with E-state index in [9.17, 15) is 4.79 Å². The van der Waals surface area contributed by atoms with Crippen molar-refractivity contribution in [3.8, 4) is 0 Å². The van der Waals surface area contributed by atoms with Crippen molar-refractivity contribution >= 4 is 32.6 Å². The minimum atomic E-state index is 0.0406. The predicted molar refractivity (Wildman–Crippen MR) is 90.2 cm³/mol. The lowest BCUT2D eigenvalue weighted by molar-refractivity contribution is -0.119. The average Bonchev–Trinajstić information content (AvgIpc) is 2.87. The molecule has 0 atom stereocenters. The number of carbonyl (C=O) groups excluding carboxylic acids is 1. The van der Waals surface area contributed by atoms with Gasteiger partial charge in [0.2, 0.25) is 5.91 Å². The third-order valence-electron chi connectivity index (χ3n) is 3.35. The van der Waals surface area contributed by atoms with Gasteiger partial charge in [0, 0.05) is 13.6 Å². The van der Waals surface area contributed by atoms with Crippen LogP contribution in [0.2, 0.25) is 0 Å². The molecule has 0 fully saturated rings. The standard InChI is InChI=1S/C16H23N3OS/c1-10(2)8-17-13(20)9-19(5)16-18-14-11(3)6-7-12(4)15(14)21-16/h6-7,10H,8-9H2,1-5H3,(H,17,20). The lowest BCUT2D eigenvalue weighted by Gasteiger charge is -2.15. The van der Waals surface area contributed by atoms with Crippen LogP contribution in [0.25, 0.3) is 10.2 Å². The van der Waals surface area contributed by atoms with Gasteiger partial charge in [-0.2, -0.15) is 0 Å². The van der Waals surface area contributed by atoms with E-state index in [0.717, 1.165) is 10.6 Å². The van der Waals surface area contributed by atoms with Gasteiger partial charge in [-0.05, 0) is 30.9 Å². The van der Waals surface area contributed by atoms with Gasteiger partial charge in [-0.15, -0.1) is 0 Å². The first kappa shape index (κ1) is 15.8. The summed E-state index contributed by atoms with van der Waals surface area (Å²) < 4.78 is 1.21. The minimum Gasteiger partial charge on any atom is -0.354 e. The van der Waals surface area contributed by atoms with Gasteiger partial charge in [0.25, 0.3) is 0 Å². The third-order valence-corrected chi connectivity index (χ3v) is 4.65. The van der Waals surface area contributed by atoms with Crippen LogP contribution >= 0.6 is 11.3 Å². The van der Waals surface area contributed by atoms with E-state index in [1.165, 1.54) is 15.8 Å². The van der Waals surface area contributed by atoms with Gasteiger partial charge < -0.3 is 10.2 Å². The van der Waals surface area contributed by atoms with E-state index in [-0.39, 0.29) is 5.91 Å². The molecule has 0 spiro atoms. The molecular weight excluding hydrogens is 282 g/mol. The first-order valence-electron chi connectivity index (χ1n) is 7.23. The molecule has 114 valence electrons. The summed E-state index contributed by atoms with van der Waals surface area (Å²) in [6, 6.07) is 4.21. The van der Waals surface area contributed by atoms with E-state index >= 15 is 0 Å². The predicted octanol–water partition coefficient (Wildman–Crippen LogP) is 3.12. The number of hydrogen-bond donors (Lipinski definition) is 1. The van der Waals surface area contributed by atoms with Crippen molar-refractivity contribution in [2.75, 3.05) is 25.0 Å². The SMILES string of the molecule is Cc1ccc(C)c2sc(N(C)CC(=O)NCC(C)C)nc12. The van der Waals surface area contributed by atoms with Gasteiger partial charge in [-0.3, -0.25) is 4.79 Å². The molecule has 2 rings (SSSR count). The van der Waals surface area contributed by atoms with E-state index < -0.39 is 0 Å². The van der Waals surface area contributed by atoms with Crippen molar-refractivity contribution in [3.63, 3.8) is 0 Å². The maximum Gasteiger partial charge on any atom is 0.239 e. The van der Waals surface area contributed by atoms with Crippen LogP contribution in [0.5, 0.6) is 0 Å². The Morgan fingerprint density at radius 2 is 2.00 bits per heavy atom. The lowest BCUT2D eigenvalue weighted by atomic mass is 10.1. The second-order valence-electron chi connectivity index (χ2n) is 5.93. The fourth-order valence-electron chi connectivity index (χ4n) is 2.07. The maximum atomic E-state index is 11.9. The molecule has 21 heavy (non-hydrogen) atoms. The number of nitrogens with zero attached hydrogens (tertiary/aromatic N) is 2. The van der Waals surface area contributed by atoms with Crippen molar-refractivity contribution in [1.29, 1.82) is 0 Å². The first-order chi connectivity index (χ1) is 9.88. The molecule has 0 saturated carbocycles. The van der Waals surface area contributed by atoms with Gasteiger partial charge in [0.05, 0.1) is 16.8 Å². The Bertz CT molecular complexity index is 609. The topological polar surface area (TPSA) is 45.2 Å². The maximum absolute atomic E-state index is 11.9. The van der Waals surface area contributed by atoms with Crippen LogP contribution in [0.1, 0.15) is 25.0 Å². The summed E-state index contributed by atoms with van der Waals surface area (Å²) in [5.41, 5.74) is 3.46. The Balaban J connectivity index is 2.13. The van der Waals surface area contributed by atoms with Crippen LogP contribution in [0, 0.1) is 19.8 Å². The summed E-state index contributed by atoms with van der Waals surface area (Å²) in [6.07, 6.45) is 0. The lowest BCUT2D eigenvalue weighted by Crippen LogP contribution is -2.36. The van der Waals surface area contributed by atoms with Crippen LogP contribution in [-0.4, -0.2) is 31.0 Å². The van der Waals surface area contributed by atoms with Gasteiger partial charge in [-0.25, -0.2) is 4.98 Å². The Morgan fingerprint density at radius 3 is 2.62 bits per heavy atom. The number of amides is 1. The molecule has 1 aromatic heterocycles. The zero-order chi connectivity index (χ0) is 15.6. The zero-order valence-electron chi connectivity index (χ0n) is 13.4. The normalized spacial score (nSPS) is 11.1. The number of hydrogen-bond acceptors (Lipinski definition) is 4. The summed E-state index contributed by atoms with van der Waals surface area (Å²) in [4.78, 5) is 18.5. The molecular formula is C16H23N3OS. The highest BCUT2D eigenvalue weighted by Gasteiger charge is 2.14. The van der Waals surface area contributed by atoms with Crippen molar-refractivity contribution in [2.45, 2.75) is 27.7 Å². The number of aryl methyl sites for hydroxylation is 2. The molecule has 2 aromatic rings. The molecule has 4 nitrogen and oxygen atoms in total. The van der Waals surface area contributed by atoms with Gasteiger partial charge in [0.15, 0.2) is 5.13 Å². The molecule has 0 unspecified atom stereocenters. The summed E-state index contributed by atoms with van der Waals surface area (Å²) in [7, 11) is 1.91. The zero-order valence-corrected chi connectivity index (χ0v) is 14.2. The summed E-state index contributed by atoms with van der Waals surface area (Å²) in [5, 5.41) is 3.83. The first-order valence-corrected chi connectivity index (χ1v) is 8.04. The van der Waals surface area contributed by atoms with Crippen molar-refractivity contribution in [2.24, 2.45) is 5.92 Å². The smallest absolute Gasteiger partial charge is 0.239 e. The molecule has 0 aliphatic heterocycles. The molecule has 1 heterocycles. The van der Waals surface area contributed by atoms with Crippen molar-refractivity contribution < 1.29 is 4.79 Å². The van der Waals surface area contributed by atoms with Gasteiger partial charge >= 0.3 is 0 Å². The number of aromatic nitrogens is 1. The second-order valence-corrected chi connectivity index (χ2v) is 6.91. The van der Waals surface area contributed by atoms with E-state index in [2.05, 4.69) is 50.1 Å². The largest absolute Gasteiger partial charge is 0.354 e. The third kappa shape index (κ3) is 3.73. The van der Waals surface area contributed by atoms with Crippen LogP contribution < -0.4 is 10.2 Å². The Kier molecular flexibility index (Phi) is 4.83. The Labute approximate surface area is 130 Å². The molecule has 5 heteroatoms. The van der Waals surface area contributed by atoms with Crippen LogP contribution in [-0.2, 0) is 4.79 Å². The summed E-state index contributed by atoms with van der Waals surface area (Å²) >= 11 is 1.65. The molecule has 1 N–H and O–H groups in total. The van der Waals surface area contributed by atoms with Crippen LogP contribution in [0.15, 0.2) is 12.1 Å². The number of benzene rings is 1. The fourth-order valence-corrected chi connectivity index (χ4v) is 3.14. The number of nitrogens with one attached hydrogen (secondary N) is 1. The number of rotatable bonds is 5. The highest BCUT2D eigenvalue weighted by atomic mass is 32.1. The van der Waals surface area contributed by atoms with Crippen molar-refractivity contribution in [3.05, 3.63) is 23.3 Å². The average molecular weight is 305 g/mol. The van der Waals surface area contributed by atoms with E-state index in [4.69, 9.17) is 0 Å². The second kappa shape index (κ2) is 6.43. The molecule has 1 aromatic carbocycles. The Hall–Kier alpha value is -1.62. The minimum absolute atomic E-state index is 0.0406. The van der Waals surface area contributed by atoms with Crippen LogP contribution in [0.3, 0.4) is 0 Å². The van der Waals surface area contributed by atoms with Crippen LogP contribution in [0.4, 0.5) is 5.13 Å². The number of anilines is 1. The quantitative estimate of drug-likeness (QED) is 0.923. The van der Waals surface area contributed by atoms with Crippen molar-refractivity contribution in [1.82, 2.24) is 10.3 Å². The fraction of sp³-hybridized carbons (Fsp3) is 0.500. The molecule has 0 radical (unpaired) electrons. The molecule has 0 aliphatic rings. The molecule has 0 aliphatic carbocycles. The molecule has 0 bridgehead atoms. The summed E-state index contributed by atoms with van der Waals surface area (Å²) in [6.45, 7) is 9.39. The number of likely N-dealkylation sites (N-methyl/N-ethyl adjacent to an activating group) is 1. The number of carbonyl (C=O) groups is 1. The molecule has 1 amide bonds. The van der Waals surface area contributed by atoms with E-state index in [0.29, 0.717) is 19.0 Å². The number of fused-ring (bicyclic) bond motifs is 1. The van der Waals surface area contributed by atoms with Gasteiger partial charge in [-0.1, -0.05) is 37.3 Å². The monoisotopic (exact) mass is 305 g/mol. The Morgan fingerprint density at radius 1 is 1.33 bits per heavy atom. The summed E-state index contributed by atoms with van der Waals surface area (Å²) in [5.74, 6) is 0.505. The molecule has 0 saturated heterocycles. The van der Waals surface area contributed by atoms with E-state index in [1.807, 2.05) is 11.9 Å². The van der Waals surface area contributed by atoms with E-state index in [1.54, 1.807) is 11.3 Å². The highest BCUT2D eigenvalue weighted by molar-refractivity contribution is 7.22. The number of thiazole rings is 1. The van der Waals surface area contributed by atoms with Gasteiger partial charge in [0.1, 0.15) is 0 Å².